The molecule has 122 valence electrons. The van der Waals surface area contributed by atoms with Crippen molar-refractivity contribution >= 4 is 0 Å². The number of rotatable bonds is 4. The van der Waals surface area contributed by atoms with Crippen LogP contribution in [-0.2, 0) is 4.74 Å². The van der Waals surface area contributed by atoms with Crippen LogP contribution in [0.25, 0.3) is 0 Å². The molecule has 0 unspecified atom stereocenters. The van der Waals surface area contributed by atoms with Gasteiger partial charge in [0.2, 0.25) is 5.82 Å². The maximum Gasteiger partial charge on any atom is 0.200 e. The van der Waals surface area contributed by atoms with Crippen molar-refractivity contribution in [2.24, 2.45) is 0 Å². The van der Waals surface area contributed by atoms with Crippen molar-refractivity contribution in [1.82, 2.24) is 5.32 Å². The van der Waals surface area contributed by atoms with Crippen LogP contribution in [0.3, 0.4) is 0 Å². The van der Waals surface area contributed by atoms with Gasteiger partial charge in [0.15, 0.2) is 17.7 Å². The highest BCUT2D eigenvalue weighted by Crippen LogP contribution is 2.30. The first kappa shape index (κ1) is 15.8. The molecule has 2 atom stereocenters. The normalized spacial score (nSPS) is 19.3. The Morgan fingerprint density at radius 1 is 1.13 bits per heavy atom. The van der Waals surface area contributed by atoms with Crippen molar-refractivity contribution in [2.75, 3.05) is 19.7 Å². The molecular weight excluding hydrogens is 307 g/mol. The molecule has 0 amide bonds. The van der Waals surface area contributed by atoms with E-state index in [1.54, 1.807) is 12.1 Å². The monoisotopic (exact) mass is 323 g/mol. The lowest BCUT2D eigenvalue weighted by atomic mass is 10.0. The van der Waals surface area contributed by atoms with Gasteiger partial charge in [0.1, 0.15) is 11.9 Å². The first-order valence-corrected chi connectivity index (χ1v) is 7.33. The third-order valence-electron chi connectivity index (χ3n) is 3.64. The maximum absolute atomic E-state index is 13.9. The summed E-state index contributed by atoms with van der Waals surface area (Å²) < 4.78 is 52.1. The Kier molecular flexibility index (Phi) is 4.83. The van der Waals surface area contributed by atoms with Gasteiger partial charge in [-0.15, -0.1) is 0 Å². The Balaban J connectivity index is 1.92. The second kappa shape index (κ2) is 7.02. The van der Waals surface area contributed by atoms with E-state index in [-0.39, 0.29) is 5.75 Å². The first-order valence-electron chi connectivity index (χ1n) is 7.33. The molecule has 1 fully saturated rings. The molecule has 1 aliphatic rings. The van der Waals surface area contributed by atoms with Crippen molar-refractivity contribution < 1.29 is 22.6 Å². The predicted octanol–water partition coefficient (Wildman–Crippen LogP) is 3.21. The molecular formula is C17H16F3NO2. The van der Waals surface area contributed by atoms with Crippen LogP contribution in [0.2, 0.25) is 0 Å². The number of nitrogens with one attached hydrogen (secondary N) is 1. The standard InChI is InChI=1S/C17H16F3NO2/c18-12-4-1-3-11(9-12)17(15-10-21-7-8-22-15)23-14-6-2-5-13(19)16(14)20/h1-6,9,15,17,21H,7-8,10H2/t15-,17-/m0/s1. The van der Waals surface area contributed by atoms with Crippen molar-refractivity contribution in [3.05, 3.63) is 65.5 Å². The fourth-order valence-electron chi connectivity index (χ4n) is 2.53. The molecule has 1 saturated heterocycles. The number of ether oxygens (including phenoxy) is 2. The summed E-state index contributed by atoms with van der Waals surface area (Å²) in [7, 11) is 0. The Morgan fingerprint density at radius 2 is 1.96 bits per heavy atom. The number of halogens is 3. The summed E-state index contributed by atoms with van der Waals surface area (Å²) in [4.78, 5) is 0. The van der Waals surface area contributed by atoms with Crippen LogP contribution in [0, 0.1) is 17.5 Å². The molecule has 1 heterocycles. The zero-order chi connectivity index (χ0) is 16.2. The van der Waals surface area contributed by atoms with Crippen molar-refractivity contribution in [1.29, 1.82) is 0 Å². The smallest absolute Gasteiger partial charge is 0.200 e. The second-order valence-electron chi connectivity index (χ2n) is 5.26. The van der Waals surface area contributed by atoms with Crippen LogP contribution in [0.1, 0.15) is 11.7 Å². The Hall–Kier alpha value is -2.05. The molecule has 23 heavy (non-hydrogen) atoms. The average Bonchev–Trinajstić information content (AvgIpc) is 2.57. The first-order chi connectivity index (χ1) is 11.1. The third-order valence-corrected chi connectivity index (χ3v) is 3.64. The fourth-order valence-corrected chi connectivity index (χ4v) is 2.53. The molecule has 0 aromatic heterocycles. The number of morpholine rings is 1. The van der Waals surface area contributed by atoms with E-state index in [1.807, 2.05) is 0 Å². The number of benzene rings is 2. The Labute approximate surface area is 132 Å². The SMILES string of the molecule is Fc1cccc([C@H](Oc2cccc(F)c2F)[C@@H]2CNCCO2)c1. The molecule has 3 nitrogen and oxygen atoms in total. The van der Waals surface area contributed by atoms with Crippen LogP contribution >= 0.6 is 0 Å². The van der Waals surface area contributed by atoms with Gasteiger partial charge in [-0.3, -0.25) is 0 Å². The van der Waals surface area contributed by atoms with Gasteiger partial charge in [-0.05, 0) is 29.8 Å². The van der Waals surface area contributed by atoms with Crippen LogP contribution in [-0.4, -0.2) is 25.8 Å². The maximum atomic E-state index is 13.9. The molecule has 2 aromatic rings. The summed E-state index contributed by atoms with van der Waals surface area (Å²) in [6, 6.07) is 9.53. The Morgan fingerprint density at radius 3 is 2.70 bits per heavy atom. The van der Waals surface area contributed by atoms with E-state index in [9.17, 15) is 13.2 Å². The lowest BCUT2D eigenvalue weighted by Gasteiger charge is -2.31. The molecule has 0 saturated carbocycles. The van der Waals surface area contributed by atoms with E-state index >= 15 is 0 Å². The van der Waals surface area contributed by atoms with Gasteiger partial charge in [0, 0.05) is 13.1 Å². The summed E-state index contributed by atoms with van der Waals surface area (Å²) in [6.45, 7) is 1.63. The van der Waals surface area contributed by atoms with Crippen LogP contribution in [0.5, 0.6) is 5.75 Å². The van der Waals surface area contributed by atoms with E-state index < -0.39 is 29.7 Å². The summed E-state index contributed by atoms with van der Waals surface area (Å²) in [5.74, 6) is -2.73. The lowest BCUT2D eigenvalue weighted by molar-refractivity contribution is -0.0444. The summed E-state index contributed by atoms with van der Waals surface area (Å²) in [5, 5.41) is 3.14. The van der Waals surface area contributed by atoms with E-state index in [1.165, 1.54) is 24.3 Å². The Bertz CT molecular complexity index is 675. The highest BCUT2D eigenvalue weighted by Gasteiger charge is 2.29. The fraction of sp³-hybridized carbons (Fsp3) is 0.294. The second-order valence-corrected chi connectivity index (χ2v) is 5.26. The van der Waals surface area contributed by atoms with Crippen LogP contribution in [0.4, 0.5) is 13.2 Å². The number of hydrogen-bond donors (Lipinski definition) is 1. The molecule has 0 bridgehead atoms. The minimum absolute atomic E-state index is 0.228. The average molecular weight is 323 g/mol. The highest BCUT2D eigenvalue weighted by molar-refractivity contribution is 5.28. The van der Waals surface area contributed by atoms with E-state index in [0.717, 1.165) is 6.07 Å². The van der Waals surface area contributed by atoms with Gasteiger partial charge in [-0.1, -0.05) is 18.2 Å². The van der Waals surface area contributed by atoms with Crippen LogP contribution < -0.4 is 10.1 Å². The predicted molar refractivity (Wildman–Crippen MR) is 78.7 cm³/mol. The molecule has 0 aliphatic carbocycles. The topological polar surface area (TPSA) is 30.5 Å². The summed E-state index contributed by atoms with van der Waals surface area (Å²) in [6.07, 6.45) is -1.19. The van der Waals surface area contributed by atoms with Gasteiger partial charge >= 0.3 is 0 Å². The van der Waals surface area contributed by atoms with Crippen molar-refractivity contribution in [3.8, 4) is 5.75 Å². The molecule has 0 spiro atoms. The van der Waals surface area contributed by atoms with Gasteiger partial charge in [0.05, 0.1) is 6.61 Å². The van der Waals surface area contributed by atoms with Gasteiger partial charge < -0.3 is 14.8 Å². The molecule has 0 radical (unpaired) electrons. The minimum Gasteiger partial charge on any atom is -0.480 e. The molecule has 6 heteroatoms. The van der Waals surface area contributed by atoms with Crippen molar-refractivity contribution in [2.45, 2.75) is 12.2 Å². The zero-order valence-corrected chi connectivity index (χ0v) is 12.3. The quantitative estimate of drug-likeness (QED) is 0.937. The van der Waals surface area contributed by atoms with E-state index in [4.69, 9.17) is 9.47 Å². The van der Waals surface area contributed by atoms with Gasteiger partial charge in [-0.2, -0.15) is 4.39 Å². The zero-order valence-electron chi connectivity index (χ0n) is 12.3. The summed E-state index contributed by atoms with van der Waals surface area (Å²) in [5.41, 5.74) is 0.502. The number of hydrogen-bond acceptors (Lipinski definition) is 3. The molecule has 1 N–H and O–H groups in total. The molecule has 1 aliphatic heterocycles. The van der Waals surface area contributed by atoms with E-state index in [0.29, 0.717) is 25.3 Å². The lowest BCUT2D eigenvalue weighted by Crippen LogP contribution is -2.43. The minimum atomic E-state index is -1.07. The highest BCUT2D eigenvalue weighted by atomic mass is 19.2. The van der Waals surface area contributed by atoms with Crippen LogP contribution in [0.15, 0.2) is 42.5 Å². The molecule has 3 rings (SSSR count). The van der Waals surface area contributed by atoms with Gasteiger partial charge in [-0.25, -0.2) is 8.78 Å². The third kappa shape index (κ3) is 3.65. The molecule has 2 aromatic carbocycles. The van der Waals surface area contributed by atoms with Crippen molar-refractivity contribution in [3.63, 3.8) is 0 Å². The summed E-state index contributed by atoms with van der Waals surface area (Å²) >= 11 is 0. The largest absolute Gasteiger partial charge is 0.480 e. The van der Waals surface area contributed by atoms with E-state index in [2.05, 4.69) is 5.32 Å². The van der Waals surface area contributed by atoms with Gasteiger partial charge in [0.25, 0.3) is 0 Å².